The van der Waals surface area contributed by atoms with Crippen LogP contribution in [0.4, 0.5) is 0 Å². The Morgan fingerprint density at radius 2 is 1.92 bits per heavy atom. The molecule has 6 heteroatoms. The second-order valence-electron chi connectivity index (χ2n) is 5.78. The molecule has 0 atom stereocenters. The number of hydrogen-bond acceptors (Lipinski definition) is 5. The second kappa shape index (κ2) is 8.49. The van der Waals surface area contributed by atoms with Crippen LogP contribution in [0, 0.1) is 6.92 Å². The van der Waals surface area contributed by atoms with Gasteiger partial charge in [-0.3, -0.25) is 4.79 Å². The molecule has 26 heavy (non-hydrogen) atoms. The van der Waals surface area contributed by atoms with Gasteiger partial charge < -0.3 is 4.90 Å². The summed E-state index contributed by atoms with van der Waals surface area (Å²) in [7, 11) is 0. The molecule has 0 spiro atoms. The van der Waals surface area contributed by atoms with Gasteiger partial charge in [-0.15, -0.1) is 17.9 Å². The third kappa shape index (κ3) is 4.21. The molecule has 0 radical (unpaired) electrons. The van der Waals surface area contributed by atoms with Gasteiger partial charge in [0, 0.05) is 25.5 Å². The number of nitrogens with zero attached hydrogens (tertiary/aromatic N) is 4. The van der Waals surface area contributed by atoms with Gasteiger partial charge in [0.25, 0.3) is 5.91 Å². The van der Waals surface area contributed by atoms with E-state index >= 15 is 0 Å². The summed E-state index contributed by atoms with van der Waals surface area (Å²) in [5, 5.41) is 0.660. The Kier molecular flexibility index (Phi) is 5.86. The van der Waals surface area contributed by atoms with Crippen LogP contribution in [0.1, 0.15) is 20.9 Å². The minimum atomic E-state index is -0.0296. The number of benzene rings is 1. The lowest BCUT2D eigenvalue weighted by Gasteiger charge is -2.20. The van der Waals surface area contributed by atoms with Crippen LogP contribution in [-0.4, -0.2) is 38.8 Å². The molecule has 1 aromatic carbocycles. The third-order valence-corrected chi connectivity index (χ3v) is 5.04. The molecule has 0 N–H and O–H groups in total. The lowest BCUT2D eigenvalue weighted by molar-refractivity contribution is 0.0779. The van der Waals surface area contributed by atoms with Gasteiger partial charge in [0.2, 0.25) is 0 Å². The van der Waals surface area contributed by atoms with E-state index in [1.807, 2.05) is 25.1 Å². The molecule has 0 aliphatic heterocycles. The fourth-order valence-electron chi connectivity index (χ4n) is 2.58. The molecule has 0 aliphatic carbocycles. The number of rotatable bonds is 7. The number of aromatic nitrogens is 3. The standard InChI is InChI=1S/C20H20N4OS/c1-3-13-24(14-10-16-8-5-4-6-9-16)20(25)17-15(2)23-19(26-17)18-21-11-7-12-22-18/h3-9,11-12H,1,10,13-14H2,2H3. The van der Waals surface area contributed by atoms with Crippen molar-refractivity contribution in [3.63, 3.8) is 0 Å². The highest BCUT2D eigenvalue weighted by Crippen LogP contribution is 2.26. The highest BCUT2D eigenvalue weighted by molar-refractivity contribution is 7.17. The monoisotopic (exact) mass is 364 g/mol. The molecule has 0 saturated heterocycles. The number of carbonyl (C=O) groups is 1. The van der Waals surface area contributed by atoms with Gasteiger partial charge in [-0.1, -0.05) is 36.4 Å². The molecular formula is C20H20N4OS. The van der Waals surface area contributed by atoms with Gasteiger partial charge in [0.1, 0.15) is 4.88 Å². The van der Waals surface area contributed by atoms with Gasteiger partial charge in [-0.05, 0) is 25.0 Å². The summed E-state index contributed by atoms with van der Waals surface area (Å²) in [5.41, 5.74) is 1.91. The average molecular weight is 364 g/mol. The van der Waals surface area contributed by atoms with E-state index in [1.165, 1.54) is 16.9 Å². The topological polar surface area (TPSA) is 59.0 Å². The molecule has 132 valence electrons. The fraction of sp³-hybridized carbons (Fsp3) is 0.200. The summed E-state index contributed by atoms with van der Waals surface area (Å²) in [6, 6.07) is 11.9. The van der Waals surface area contributed by atoms with Crippen LogP contribution in [0.2, 0.25) is 0 Å². The van der Waals surface area contributed by atoms with Gasteiger partial charge in [0.15, 0.2) is 10.8 Å². The van der Waals surface area contributed by atoms with Crippen molar-refractivity contribution in [2.45, 2.75) is 13.3 Å². The van der Waals surface area contributed by atoms with Crippen molar-refractivity contribution in [1.82, 2.24) is 19.9 Å². The number of thiazole rings is 1. The molecule has 0 aliphatic rings. The largest absolute Gasteiger partial charge is 0.334 e. The lowest BCUT2D eigenvalue weighted by atomic mass is 10.1. The second-order valence-corrected chi connectivity index (χ2v) is 6.78. The van der Waals surface area contributed by atoms with E-state index < -0.39 is 0 Å². The molecule has 3 aromatic rings. The molecule has 2 heterocycles. The first-order valence-electron chi connectivity index (χ1n) is 8.38. The van der Waals surface area contributed by atoms with Crippen molar-refractivity contribution in [1.29, 1.82) is 0 Å². The zero-order chi connectivity index (χ0) is 18.4. The van der Waals surface area contributed by atoms with Crippen LogP contribution >= 0.6 is 11.3 Å². The molecular weight excluding hydrogens is 344 g/mol. The minimum Gasteiger partial charge on any atom is -0.334 e. The van der Waals surface area contributed by atoms with Crippen molar-refractivity contribution in [2.24, 2.45) is 0 Å². The summed E-state index contributed by atoms with van der Waals surface area (Å²) in [4.78, 5) is 28.4. The van der Waals surface area contributed by atoms with E-state index in [1.54, 1.807) is 29.4 Å². The molecule has 0 unspecified atom stereocenters. The van der Waals surface area contributed by atoms with Crippen LogP contribution in [-0.2, 0) is 6.42 Å². The van der Waals surface area contributed by atoms with Crippen molar-refractivity contribution < 1.29 is 4.79 Å². The Bertz CT molecular complexity index is 877. The zero-order valence-electron chi connectivity index (χ0n) is 14.6. The van der Waals surface area contributed by atoms with Crippen LogP contribution in [0.15, 0.2) is 61.4 Å². The van der Waals surface area contributed by atoms with E-state index in [4.69, 9.17) is 0 Å². The van der Waals surface area contributed by atoms with Crippen molar-refractivity contribution in [3.8, 4) is 10.8 Å². The molecule has 1 amide bonds. The third-order valence-electron chi connectivity index (χ3n) is 3.90. The Labute approximate surface area is 157 Å². The minimum absolute atomic E-state index is 0.0296. The Morgan fingerprint density at radius 1 is 1.19 bits per heavy atom. The predicted octanol–water partition coefficient (Wildman–Crippen LogP) is 3.78. The average Bonchev–Trinajstić information content (AvgIpc) is 3.08. The first-order chi connectivity index (χ1) is 12.7. The molecule has 0 fully saturated rings. The lowest BCUT2D eigenvalue weighted by Crippen LogP contribution is -2.33. The van der Waals surface area contributed by atoms with Crippen LogP contribution in [0.25, 0.3) is 10.8 Å². The molecule has 5 nitrogen and oxygen atoms in total. The summed E-state index contributed by atoms with van der Waals surface area (Å²) >= 11 is 1.33. The summed E-state index contributed by atoms with van der Waals surface area (Å²) in [6.07, 6.45) is 5.89. The maximum Gasteiger partial charge on any atom is 0.266 e. The van der Waals surface area contributed by atoms with E-state index in [0.29, 0.717) is 34.5 Å². The highest BCUT2D eigenvalue weighted by Gasteiger charge is 2.22. The quantitative estimate of drug-likeness (QED) is 0.599. The first kappa shape index (κ1) is 17.9. The number of carbonyl (C=O) groups excluding carboxylic acids is 1. The van der Waals surface area contributed by atoms with Crippen LogP contribution in [0.3, 0.4) is 0 Å². The number of hydrogen-bond donors (Lipinski definition) is 0. The SMILES string of the molecule is C=CCN(CCc1ccccc1)C(=O)c1sc(-c2ncccn2)nc1C. The number of aryl methyl sites for hydroxylation is 1. The van der Waals surface area contributed by atoms with Gasteiger partial charge >= 0.3 is 0 Å². The van der Waals surface area contributed by atoms with Crippen LogP contribution in [0.5, 0.6) is 0 Å². The smallest absolute Gasteiger partial charge is 0.266 e. The number of amides is 1. The molecule has 2 aromatic heterocycles. The maximum atomic E-state index is 13.0. The normalized spacial score (nSPS) is 10.5. The van der Waals surface area contributed by atoms with E-state index in [9.17, 15) is 4.79 Å². The maximum absolute atomic E-state index is 13.0. The van der Waals surface area contributed by atoms with E-state index in [0.717, 1.165) is 6.42 Å². The van der Waals surface area contributed by atoms with Gasteiger partial charge in [-0.2, -0.15) is 0 Å². The predicted molar refractivity (Wildman–Crippen MR) is 104 cm³/mol. The van der Waals surface area contributed by atoms with Crippen LogP contribution < -0.4 is 0 Å². The van der Waals surface area contributed by atoms with Gasteiger partial charge in [0.05, 0.1) is 5.69 Å². The molecule has 0 saturated carbocycles. The molecule has 3 rings (SSSR count). The summed E-state index contributed by atoms with van der Waals surface area (Å²) in [5.74, 6) is 0.511. The van der Waals surface area contributed by atoms with E-state index in [2.05, 4.69) is 33.7 Å². The first-order valence-corrected chi connectivity index (χ1v) is 9.19. The molecule has 0 bridgehead atoms. The van der Waals surface area contributed by atoms with Gasteiger partial charge in [-0.25, -0.2) is 15.0 Å². The Balaban J connectivity index is 1.78. The van der Waals surface area contributed by atoms with E-state index in [-0.39, 0.29) is 5.91 Å². The van der Waals surface area contributed by atoms with Crippen molar-refractivity contribution in [2.75, 3.05) is 13.1 Å². The van der Waals surface area contributed by atoms with Crippen molar-refractivity contribution in [3.05, 3.63) is 77.6 Å². The Hall–Kier alpha value is -2.86. The zero-order valence-corrected chi connectivity index (χ0v) is 15.4. The summed E-state index contributed by atoms with van der Waals surface area (Å²) in [6.45, 7) is 6.76. The summed E-state index contributed by atoms with van der Waals surface area (Å²) < 4.78 is 0. The highest BCUT2D eigenvalue weighted by atomic mass is 32.1. The Morgan fingerprint density at radius 3 is 2.62 bits per heavy atom. The fourth-order valence-corrected chi connectivity index (χ4v) is 3.57. The van der Waals surface area contributed by atoms with Crippen molar-refractivity contribution >= 4 is 17.2 Å².